The first-order valence-corrected chi connectivity index (χ1v) is 16.1. The lowest BCUT2D eigenvalue weighted by Crippen LogP contribution is -2.43. The van der Waals surface area contributed by atoms with Crippen LogP contribution in [-0.2, 0) is 16.1 Å². The highest BCUT2D eigenvalue weighted by Crippen LogP contribution is 2.40. The highest BCUT2D eigenvalue weighted by molar-refractivity contribution is 6.74. The van der Waals surface area contributed by atoms with E-state index in [2.05, 4.69) is 84.1 Å². The fourth-order valence-electron chi connectivity index (χ4n) is 4.67. The molecule has 1 aliphatic rings. The Hall–Kier alpha value is -3.25. The average Bonchev–Trinajstić information content (AvgIpc) is 3.23. The van der Waals surface area contributed by atoms with Crippen molar-refractivity contribution in [2.45, 2.75) is 71.7 Å². The molecule has 6 heteroatoms. The molecule has 3 aromatic carbocycles. The van der Waals surface area contributed by atoms with Gasteiger partial charge in [-0.25, -0.2) is 0 Å². The molecule has 1 heterocycles. The lowest BCUT2D eigenvalue weighted by molar-refractivity contribution is -0.141. The Bertz CT molecular complexity index is 1300. The smallest absolute Gasteiger partial charge is 0.306 e. The summed E-state index contributed by atoms with van der Waals surface area (Å²) in [6.45, 7) is 16.6. The maximum atomic E-state index is 11.7. The number of benzene rings is 3. The molecular weight excluding hydrogens is 492 g/mol. The molecule has 0 amide bonds. The van der Waals surface area contributed by atoms with Gasteiger partial charge in [-0.3, -0.25) is 4.79 Å². The van der Waals surface area contributed by atoms with Crippen molar-refractivity contribution in [3.63, 3.8) is 0 Å². The molecule has 0 radical (unpaired) electrons. The minimum absolute atomic E-state index is 0.0216. The van der Waals surface area contributed by atoms with Crippen molar-refractivity contribution >= 4 is 14.3 Å². The van der Waals surface area contributed by atoms with Crippen LogP contribution in [0.4, 0.5) is 0 Å². The maximum absolute atomic E-state index is 11.7. The summed E-state index contributed by atoms with van der Waals surface area (Å²) < 4.78 is 23.3. The highest BCUT2D eigenvalue weighted by atomic mass is 28.4. The predicted molar refractivity (Wildman–Crippen MR) is 155 cm³/mol. The van der Waals surface area contributed by atoms with Gasteiger partial charge in [0.05, 0.1) is 20.1 Å². The van der Waals surface area contributed by atoms with Gasteiger partial charge >= 0.3 is 5.97 Å². The Morgan fingerprint density at radius 2 is 1.71 bits per heavy atom. The SMILES string of the molecule is COC(=O)CC1COc2cc(OCc3cccc(-c4c(C)cc(O[Si](C)(C)C(C)(C)C)cc4C)c3)ccc21. The second-order valence-electron chi connectivity index (χ2n) is 11.8. The predicted octanol–water partition coefficient (Wildman–Crippen LogP) is 7.97. The number of ether oxygens (including phenoxy) is 3. The molecule has 0 saturated carbocycles. The Balaban J connectivity index is 1.47. The monoisotopic (exact) mass is 532 g/mol. The van der Waals surface area contributed by atoms with Crippen LogP contribution in [-0.4, -0.2) is 28.0 Å². The molecule has 0 aliphatic carbocycles. The second kappa shape index (κ2) is 10.9. The van der Waals surface area contributed by atoms with E-state index in [-0.39, 0.29) is 16.9 Å². The van der Waals surface area contributed by atoms with Crippen LogP contribution in [0.2, 0.25) is 18.1 Å². The van der Waals surface area contributed by atoms with Gasteiger partial charge in [-0.1, -0.05) is 45.0 Å². The van der Waals surface area contributed by atoms with E-state index >= 15 is 0 Å². The summed E-state index contributed by atoms with van der Waals surface area (Å²) >= 11 is 0. The third kappa shape index (κ3) is 6.07. The van der Waals surface area contributed by atoms with Gasteiger partial charge in [0, 0.05) is 17.5 Å². The van der Waals surface area contributed by atoms with Crippen LogP contribution in [0.25, 0.3) is 11.1 Å². The van der Waals surface area contributed by atoms with E-state index in [0.29, 0.717) is 19.6 Å². The van der Waals surface area contributed by atoms with Crippen molar-refractivity contribution in [1.82, 2.24) is 0 Å². The molecule has 0 N–H and O–H groups in total. The summed E-state index contributed by atoms with van der Waals surface area (Å²) in [6, 6.07) is 18.7. The summed E-state index contributed by atoms with van der Waals surface area (Å²) in [7, 11) is -0.496. The molecule has 0 spiro atoms. The largest absolute Gasteiger partial charge is 0.543 e. The number of fused-ring (bicyclic) bond motifs is 1. The molecule has 1 unspecified atom stereocenters. The number of carbonyl (C=O) groups excluding carboxylic acids is 1. The van der Waals surface area contributed by atoms with Gasteiger partial charge in [-0.05, 0) is 84.1 Å². The number of esters is 1. The molecule has 3 aromatic rings. The fourth-order valence-corrected chi connectivity index (χ4v) is 5.68. The van der Waals surface area contributed by atoms with E-state index in [4.69, 9.17) is 18.6 Å². The third-order valence-corrected chi connectivity index (χ3v) is 12.2. The number of hydrogen-bond acceptors (Lipinski definition) is 5. The minimum Gasteiger partial charge on any atom is -0.543 e. The van der Waals surface area contributed by atoms with Gasteiger partial charge in [0.1, 0.15) is 23.9 Å². The first kappa shape index (κ1) is 27.8. The molecule has 1 aliphatic heterocycles. The Labute approximate surface area is 228 Å². The summed E-state index contributed by atoms with van der Waals surface area (Å²) in [4.78, 5) is 11.7. The zero-order valence-electron chi connectivity index (χ0n) is 23.9. The van der Waals surface area contributed by atoms with Crippen LogP contribution in [0.15, 0.2) is 54.6 Å². The molecule has 0 fully saturated rings. The highest BCUT2D eigenvalue weighted by Gasteiger charge is 2.39. The topological polar surface area (TPSA) is 54.0 Å². The van der Waals surface area contributed by atoms with Gasteiger partial charge < -0.3 is 18.6 Å². The summed E-state index contributed by atoms with van der Waals surface area (Å²) in [6.07, 6.45) is 0.318. The third-order valence-electron chi connectivity index (χ3n) is 7.81. The first-order chi connectivity index (χ1) is 17.9. The summed E-state index contributed by atoms with van der Waals surface area (Å²) in [5.41, 5.74) is 6.92. The minimum atomic E-state index is -1.91. The fraction of sp³-hybridized carbons (Fsp3) is 0.406. The van der Waals surface area contributed by atoms with Gasteiger partial charge in [-0.2, -0.15) is 0 Å². The van der Waals surface area contributed by atoms with Crippen molar-refractivity contribution in [3.8, 4) is 28.4 Å². The van der Waals surface area contributed by atoms with E-state index in [1.807, 2.05) is 18.2 Å². The molecule has 202 valence electrons. The number of hydrogen-bond donors (Lipinski definition) is 0. The Kier molecular flexibility index (Phi) is 7.93. The molecule has 0 saturated heterocycles. The average molecular weight is 533 g/mol. The summed E-state index contributed by atoms with van der Waals surface area (Å²) in [5.74, 6) is 2.27. The van der Waals surface area contributed by atoms with E-state index in [1.54, 1.807) is 0 Å². The van der Waals surface area contributed by atoms with Gasteiger partial charge in [0.15, 0.2) is 0 Å². The first-order valence-electron chi connectivity index (χ1n) is 13.2. The van der Waals surface area contributed by atoms with Crippen LogP contribution in [0, 0.1) is 13.8 Å². The van der Waals surface area contributed by atoms with Crippen molar-refractivity contribution in [3.05, 3.63) is 76.9 Å². The van der Waals surface area contributed by atoms with Crippen LogP contribution >= 0.6 is 0 Å². The maximum Gasteiger partial charge on any atom is 0.306 e. The Morgan fingerprint density at radius 1 is 1.00 bits per heavy atom. The van der Waals surface area contributed by atoms with Gasteiger partial charge in [0.25, 0.3) is 0 Å². The molecule has 5 nitrogen and oxygen atoms in total. The molecule has 4 rings (SSSR count). The van der Waals surface area contributed by atoms with Gasteiger partial charge in [-0.15, -0.1) is 0 Å². The van der Waals surface area contributed by atoms with Crippen molar-refractivity contribution in [2.24, 2.45) is 0 Å². The van der Waals surface area contributed by atoms with Gasteiger partial charge in [0.2, 0.25) is 8.32 Å². The van der Waals surface area contributed by atoms with E-state index < -0.39 is 8.32 Å². The summed E-state index contributed by atoms with van der Waals surface area (Å²) in [5, 5.41) is 0.150. The number of carbonyl (C=O) groups is 1. The second-order valence-corrected chi connectivity index (χ2v) is 16.5. The lowest BCUT2D eigenvalue weighted by Gasteiger charge is -2.36. The number of aryl methyl sites for hydroxylation is 2. The zero-order valence-corrected chi connectivity index (χ0v) is 24.9. The van der Waals surface area contributed by atoms with E-state index in [0.717, 1.165) is 28.4 Å². The van der Waals surface area contributed by atoms with Crippen molar-refractivity contribution in [1.29, 1.82) is 0 Å². The van der Waals surface area contributed by atoms with Crippen molar-refractivity contribution < 1.29 is 23.4 Å². The van der Waals surface area contributed by atoms with Crippen LogP contribution in [0.5, 0.6) is 17.2 Å². The van der Waals surface area contributed by atoms with Crippen molar-refractivity contribution in [2.75, 3.05) is 13.7 Å². The normalized spacial score (nSPS) is 15.0. The van der Waals surface area contributed by atoms with E-state index in [9.17, 15) is 4.79 Å². The molecule has 38 heavy (non-hydrogen) atoms. The quantitative estimate of drug-likeness (QED) is 0.217. The van der Waals surface area contributed by atoms with Crippen LogP contribution < -0.4 is 13.9 Å². The number of rotatable bonds is 8. The lowest BCUT2D eigenvalue weighted by atomic mass is 9.94. The zero-order chi connectivity index (χ0) is 27.7. The number of methoxy groups -OCH3 is 1. The standard InChI is InChI=1S/C32H40O5Si/c1-21-14-27(37-38(7,8)32(3,4)5)15-22(2)31(21)24-11-9-10-23(16-24)19-35-26-12-13-28-25(17-30(33)34-6)20-36-29(28)18-26/h9-16,18,25H,17,19-20H2,1-8H3. The molecular formula is C32H40O5Si. The van der Waals surface area contributed by atoms with Crippen LogP contribution in [0.3, 0.4) is 0 Å². The molecule has 1 atom stereocenters. The van der Waals surface area contributed by atoms with Crippen LogP contribution in [0.1, 0.15) is 55.4 Å². The molecule has 0 bridgehead atoms. The Morgan fingerprint density at radius 3 is 2.37 bits per heavy atom. The van der Waals surface area contributed by atoms with E-state index in [1.165, 1.54) is 29.4 Å². The molecule has 0 aromatic heterocycles.